The highest BCUT2D eigenvalue weighted by Gasteiger charge is 2.19. The first-order valence-electron chi connectivity index (χ1n) is 7.23. The molecule has 1 heterocycles. The number of nitrogens with one attached hydrogen (secondary N) is 1. The highest BCUT2D eigenvalue weighted by molar-refractivity contribution is 5.16. The van der Waals surface area contributed by atoms with Gasteiger partial charge in [-0.2, -0.15) is 0 Å². The maximum Gasteiger partial charge on any atom is 0.0235 e. The van der Waals surface area contributed by atoms with E-state index in [1.165, 1.54) is 31.6 Å². The molecule has 1 aromatic rings. The van der Waals surface area contributed by atoms with Gasteiger partial charge in [-0.25, -0.2) is 0 Å². The van der Waals surface area contributed by atoms with E-state index < -0.39 is 0 Å². The average Bonchev–Trinajstić information content (AvgIpc) is 2.38. The van der Waals surface area contributed by atoms with Crippen molar-refractivity contribution in [1.82, 2.24) is 10.2 Å². The van der Waals surface area contributed by atoms with Gasteiger partial charge in [-0.05, 0) is 30.9 Å². The first kappa shape index (κ1) is 13.6. The summed E-state index contributed by atoms with van der Waals surface area (Å²) in [6, 6.07) is 11.4. The molecule has 1 unspecified atom stereocenters. The zero-order valence-electron chi connectivity index (χ0n) is 11.7. The first-order chi connectivity index (χ1) is 8.74. The Morgan fingerprint density at radius 2 is 2.06 bits per heavy atom. The van der Waals surface area contributed by atoms with Crippen molar-refractivity contribution in [1.29, 1.82) is 0 Å². The Kier molecular flexibility index (Phi) is 5.21. The molecule has 0 aromatic heterocycles. The number of piperazine rings is 1. The minimum absolute atomic E-state index is 0.619. The van der Waals surface area contributed by atoms with E-state index >= 15 is 0 Å². The van der Waals surface area contributed by atoms with E-state index in [2.05, 4.69) is 54.4 Å². The van der Waals surface area contributed by atoms with Gasteiger partial charge in [0.25, 0.3) is 0 Å². The van der Waals surface area contributed by atoms with E-state index in [4.69, 9.17) is 0 Å². The van der Waals surface area contributed by atoms with Crippen LogP contribution in [0.2, 0.25) is 0 Å². The lowest BCUT2D eigenvalue weighted by atomic mass is 10.0. The van der Waals surface area contributed by atoms with Gasteiger partial charge in [0, 0.05) is 25.7 Å². The Morgan fingerprint density at radius 3 is 2.78 bits per heavy atom. The lowest BCUT2D eigenvalue weighted by Crippen LogP contribution is -2.51. The monoisotopic (exact) mass is 246 g/mol. The molecule has 1 aliphatic rings. The van der Waals surface area contributed by atoms with Crippen LogP contribution in [0, 0.1) is 5.92 Å². The quantitative estimate of drug-likeness (QED) is 0.859. The van der Waals surface area contributed by atoms with E-state index in [1.54, 1.807) is 0 Å². The predicted octanol–water partition coefficient (Wildman–Crippen LogP) is 2.55. The summed E-state index contributed by atoms with van der Waals surface area (Å²) in [7, 11) is 0. The summed E-state index contributed by atoms with van der Waals surface area (Å²) >= 11 is 0. The number of nitrogens with zero attached hydrogens (tertiary/aromatic N) is 1. The number of hydrogen-bond acceptors (Lipinski definition) is 2. The van der Waals surface area contributed by atoms with Crippen molar-refractivity contribution >= 4 is 0 Å². The van der Waals surface area contributed by atoms with Crippen molar-refractivity contribution < 1.29 is 0 Å². The maximum absolute atomic E-state index is 3.64. The van der Waals surface area contributed by atoms with E-state index in [0.717, 1.165) is 18.9 Å². The van der Waals surface area contributed by atoms with Gasteiger partial charge in [0.1, 0.15) is 0 Å². The Morgan fingerprint density at radius 1 is 1.28 bits per heavy atom. The molecule has 18 heavy (non-hydrogen) atoms. The summed E-state index contributed by atoms with van der Waals surface area (Å²) in [5.41, 5.74) is 1.45. The van der Waals surface area contributed by atoms with Crippen molar-refractivity contribution in [2.75, 3.05) is 26.2 Å². The predicted molar refractivity (Wildman–Crippen MR) is 77.8 cm³/mol. The summed E-state index contributed by atoms with van der Waals surface area (Å²) < 4.78 is 0. The van der Waals surface area contributed by atoms with Crippen LogP contribution in [0.25, 0.3) is 0 Å². The number of rotatable bonds is 5. The molecule has 100 valence electrons. The third-order valence-electron chi connectivity index (χ3n) is 3.69. The number of benzene rings is 1. The normalized spacial score (nSPS) is 21.4. The van der Waals surface area contributed by atoms with Crippen LogP contribution in [0.15, 0.2) is 30.3 Å². The summed E-state index contributed by atoms with van der Waals surface area (Å²) in [6.45, 7) is 9.41. The fourth-order valence-corrected chi connectivity index (χ4v) is 2.57. The highest BCUT2D eigenvalue weighted by Crippen LogP contribution is 2.09. The van der Waals surface area contributed by atoms with Crippen molar-refractivity contribution in [3.63, 3.8) is 0 Å². The minimum atomic E-state index is 0.619. The summed E-state index contributed by atoms with van der Waals surface area (Å²) in [5, 5.41) is 3.64. The Hall–Kier alpha value is -0.860. The smallest absolute Gasteiger partial charge is 0.0235 e. The van der Waals surface area contributed by atoms with Crippen LogP contribution in [0.1, 0.15) is 25.8 Å². The van der Waals surface area contributed by atoms with Crippen LogP contribution < -0.4 is 5.32 Å². The Balaban J connectivity index is 1.79. The van der Waals surface area contributed by atoms with Crippen LogP contribution >= 0.6 is 0 Å². The largest absolute Gasteiger partial charge is 0.311 e. The fraction of sp³-hybridized carbons (Fsp3) is 0.625. The maximum atomic E-state index is 3.64. The van der Waals surface area contributed by atoms with E-state index in [0.29, 0.717) is 6.04 Å². The topological polar surface area (TPSA) is 15.3 Å². The molecule has 0 spiro atoms. The zero-order chi connectivity index (χ0) is 12.8. The van der Waals surface area contributed by atoms with Crippen LogP contribution in [0.4, 0.5) is 0 Å². The molecule has 2 rings (SSSR count). The van der Waals surface area contributed by atoms with Crippen LogP contribution in [-0.2, 0) is 6.42 Å². The molecule has 0 saturated carbocycles. The van der Waals surface area contributed by atoms with Crippen molar-refractivity contribution in [3.8, 4) is 0 Å². The SMILES string of the molecule is CC(C)CCN1CCNC(Cc2ccccc2)C1. The van der Waals surface area contributed by atoms with Gasteiger partial charge in [0.05, 0.1) is 0 Å². The summed E-state index contributed by atoms with van der Waals surface area (Å²) in [5.74, 6) is 0.812. The molecule has 1 aromatic carbocycles. The van der Waals surface area contributed by atoms with Gasteiger partial charge < -0.3 is 10.2 Å². The zero-order valence-corrected chi connectivity index (χ0v) is 11.7. The van der Waals surface area contributed by atoms with Gasteiger partial charge in [-0.1, -0.05) is 44.2 Å². The summed E-state index contributed by atoms with van der Waals surface area (Å²) in [6.07, 6.45) is 2.47. The fourth-order valence-electron chi connectivity index (χ4n) is 2.57. The van der Waals surface area contributed by atoms with Gasteiger partial charge in [-0.15, -0.1) is 0 Å². The lowest BCUT2D eigenvalue weighted by Gasteiger charge is -2.34. The Bertz CT molecular complexity index is 334. The van der Waals surface area contributed by atoms with E-state index in [-0.39, 0.29) is 0 Å². The first-order valence-corrected chi connectivity index (χ1v) is 7.23. The van der Waals surface area contributed by atoms with Crippen molar-refractivity contribution in [3.05, 3.63) is 35.9 Å². The molecule has 1 N–H and O–H groups in total. The molecule has 1 atom stereocenters. The molecule has 1 fully saturated rings. The molecule has 2 nitrogen and oxygen atoms in total. The average molecular weight is 246 g/mol. The van der Waals surface area contributed by atoms with Crippen LogP contribution in [0.5, 0.6) is 0 Å². The molecule has 0 radical (unpaired) electrons. The minimum Gasteiger partial charge on any atom is -0.311 e. The van der Waals surface area contributed by atoms with Gasteiger partial charge >= 0.3 is 0 Å². The van der Waals surface area contributed by atoms with Gasteiger partial charge in [0.2, 0.25) is 0 Å². The molecule has 0 amide bonds. The second-order valence-electron chi connectivity index (χ2n) is 5.82. The highest BCUT2D eigenvalue weighted by atomic mass is 15.2. The standard InChI is InChI=1S/C16H26N2/c1-14(2)8-10-18-11-9-17-16(13-18)12-15-6-4-3-5-7-15/h3-7,14,16-17H,8-13H2,1-2H3. The van der Waals surface area contributed by atoms with Crippen molar-refractivity contribution in [2.24, 2.45) is 5.92 Å². The molecular weight excluding hydrogens is 220 g/mol. The molecule has 2 heteroatoms. The van der Waals surface area contributed by atoms with Crippen LogP contribution in [0.3, 0.4) is 0 Å². The van der Waals surface area contributed by atoms with Gasteiger partial charge in [0.15, 0.2) is 0 Å². The molecular formula is C16H26N2. The molecule has 0 aliphatic carbocycles. The molecule has 0 bridgehead atoms. The van der Waals surface area contributed by atoms with Gasteiger partial charge in [-0.3, -0.25) is 0 Å². The number of hydrogen-bond donors (Lipinski definition) is 1. The molecule has 1 saturated heterocycles. The molecule has 1 aliphatic heterocycles. The second-order valence-corrected chi connectivity index (χ2v) is 5.82. The third kappa shape index (κ3) is 4.43. The van der Waals surface area contributed by atoms with E-state index in [1.807, 2.05) is 0 Å². The Labute approximate surface area is 111 Å². The lowest BCUT2D eigenvalue weighted by molar-refractivity contribution is 0.190. The second kappa shape index (κ2) is 6.91. The summed E-state index contributed by atoms with van der Waals surface area (Å²) in [4.78, 5) is 2.62. The third-order valence-corrected chi connectivity index (χ3v) is 3.69. The van der Waals surface area contributed by atoms with Crippen molar-refractivity contribution in [2.45, 2.75) is 32.7 Å². The van der Waals surface area contributed by atoms with E-state index in [9.17, 15) is 0 Å². The van der Waals surface area contributed by atoms with Crippen LogP contribution in [-0.4, -0.2) is 37.1 Å².